The molecule has 2 N–H and O–H groups in total. The molecule has 0 aliphatic heterocycles. The summed E-state index contributed by atoms with van der Waals surface area (Å²) in [5.41, 5.74) is 3.22. The van der Waals surface area contributed by atoms with Crippen molar-refractivity contribution in [2.45, 2.75) is 111 Å². The Labute approximate surface area is 190 Å². The van der Waals surface area contributed by atoms with Gasteiger partial charge in [-0.2, -0.15) is 0 Å². The molecule has 0 unspecified atom stereocenters. The van der Waals surface area contributed by atoms with Crippen LogP contribution in [0.25, 0.3) is 0 Å². The smallest absolute Gasteiger partial charge is 0.0758 e. The van der Waals surface area contributed by atoms with Crippen molar-refractivity contribution in [3.05, 3.63) is 35.5 Å². The van der Waals surface area contributed by atoms with Crippen molar-refractivity contribution in [1.29, 1.82) is 0 Å². The van der Waals surface area contributed by atoms with E-state index in [-0.39, 0.29) is 11.5 Å². The highest BCUT2D eigenvalue weighted by molar-refractivity contribution is 5.42. The summed E-state index contributed by atoms with van der Waals surface area (Å²) in [5, 5.41) is 20.1. The predicted molar refractivity (Wildman–Crippen MR) is 130 cm³/mol. The number of hydrogen-bond donors (Lipinski definition) is 2. The van der Waals surface area contributed by atoms with Gasteiger partial charge in [-0.3, -0.25) is 0 Å². The molecule has 0 bridgehead atoms. The van der Waals surface area contributed by atoms with Crippen LogP contribution in [0.5, 0.6) is 0 Å². The lowest BCUT2D eigenvalue weighted by molar-refractivity contribution is 0.0582. The van der Waals surface area contributed by atoms with Crippen molar-refractivity contribution in [2.75, 3.05) is 0 Å². The Bertz CT molecular complexity index is 753. The minimum absolute atomic E-state index is 0.120. The van der Waals surface area contributed by atoms with Gasteiger partial charge in [0, 0.05) is 5.41 Å². The number of aliphatic hydroxyl groups is 2. The molecule has 7 atom stereocenters. The Morgan fingerprint density at radius 3 is 2.58 bits per heavy atom. The third kappa shape index (κ3) is 4.36. The van der Waals surface area contributed by atoms with E-state index in [4.69, 9.17) is 0 Å². The van der Waals surface area contributed by atoms with Crippen LogP contribution >= 0.6 is 0 Å². The maximum atomic E-state index is 10.1. The van der Waals surface area contributed by atoms with E-state index >= 15 is 0 Å². The predicted octanol–water partition coefficient (Wildman–Crippen LogP) is 6.98. The summed E-state index contributed by atoms with van der Waals surface area (Å²) in [6.45, 7) is 11.4. The first kappa shape index (κ1) is 23.3. The van der Waals surface area contributed by atoms with Gasteiger partial charge in [0.25, 0.3) is 0 Å². The third-order valence-electron chi connectivity index (χ3n) is 9.81. The number of fused-ring (bicyclic) bond motifs is 5. The number of allylic oxidation sites excluding steroid dienone is 4. The van der Waals surface area contributed by atoms with Gasteiger partial charge in [-0.25, -0.2) is 0 Å². The zero-order chi connectivity index (χ0) is 22.4. The molecule has 2 nitrogen and oxygen atoms in total. The zero-order valence-electron chi connectivity index (χ0n) is 20.7. The molecule has 0 heterocycles. The van der Waals surface area contributed by atoms with Gasteiger partial charge in [-0.15, -0.1) is 0 Å². The monoisotopic (exact) mass is 426 g/mol. The second kappa shape index (κ2) is 8.49. The number of rotatable bonds is 7. The second-order valence-electron chi connectivity index (χ2n) is 12.5. The van der Waals surface area contributed by atoms with Crippen LogP contribution in [-0.2, 0) is 0 Å². The molecule has 174 valence electrons. The summed E-state index contributed by atoms with van der Waals surface area (Å²) in [7, 11) is 0. The lowest BCUT2D eigenvalue weighted by atomic mass is 9.51. The van der Waals surface area contributed by atoms with E-state index in [1.54, 1.807) is 5.57 Å². The molecular formula is C29H46O2. The average Bonchev–Trinajstić information content (AvgIpc) is 3.04. The van der Waals surface area contributed by atoms with Crippen LogP contribution < -0.4 is 0 Å². The minimum Gasteiger partial charge on any atom is -0.390 e. The van der Waals surface area contributed by atoms with Gasteiger partial charge in [0.15, 0.2) is 0 Å². The summed E-state index contributed by atoms with van der Waals surface area (Å²) >= 11 is 0. The Hall–Kier alpha value is -0.860. The first-order chi connectivity index (χ1) is 14.5. The molecule has 4 aliphatic carbocycles. The quantitative estimate of drug-likeness (QED) is 0.340. The molecule has 2 fully saturated rings. The highest BCUT2D eigenvalue weighted by Gasteiger charge is 2.56. The zero-order valence-corrected chi connectivity index (χ0v) is 20.7. The molecule has 0 aromatic heterocycles. The minimum atomic E-state index is -0.513. The molecule has 0 radical (unpaired) electrons. The number of unbranched alkanes of at least 4 members (excludes halogenated alkanes) is 2. The van der Waals surface area contributed by atoms with Crippen LogP contribution in [0.2, 0.25) is 0 Å². The van der Waals surface area contributed by atoms with Crippen LogP contribution in [-0.4, -0.2) is 21.9 Å². The van der Waals surface area contributed by atoms with Crippen LogP contribution in [0.4, 0.5) is 0 Å². The van der Waals surface area contributed by atoms with Crippen molar-refractivity contribution < 1.29 is 10.2 Å². The van der Waals surface area contributed by atoms with Crippen LogP contribution in [0.15, 0.2) is 35.5 Å². The molecule has 2 heteroatoms. The standard InChI is InChI=1S/C29H46O2/c1-20(9-7-6-8-16-27(2,3)31)24-12-13-25-23-11-10-21-19-22(30)14-17-28(21,4)26(23)15-18-29(24,25)5/h10-11,14,17,20,22,24-26,30-31H,6-9,12-13,15-16,18-19H2,1-5H3/t20-,22+,24-,25+,26+,28+,29-/m1/s1. The third-order valence-corrected chi connectivity index (χ3v) is 9.81. The van der Waals surface area contributed by atoms with Gasteiger partial charge in [-0.1, -0.05) is 81.9 Å². The lowest BCUT2D eigenvalue weighted by Gasteiger charge is -2.53. The molecule has 0 aromatic rings. The SMILES string of the molecule is C[C@H](CCCCCC(C)(C)O)[C@H]1CC[C@H]2C3=CC=C4C[C@@H](O)C=C[C@]4(C)[C@H]3CC[C@]12C. The first-order valence-electron chi connectivity index (χ1n) is 13.1. The van der Waals surface area contributed by atoms with Crippen molar-refractivity contribution in [3.8, 4) is 0 Å². The van der Waals surface area contributed by atoms with E-state index in [1.807, 2.05) is 19.9 Å². The molecule has 4 rings (SSSR count). The average molecular weight is 427 g/mol. The maximum absolute atomic E-state index is 10.1. The molecule has 0 spiro atoms. The molecule has 0 aromatic carbocycles. The van der Waals surface area contributed by atoms with E-state index in [2.05, 4.69) is 39.0 Å². The van der Waals surface area contributed by atoms with Crippen molar-refractivity contribution in [1.82, 2.24) is 0 Å². The van der Waals surface area contributed by atoms with Crippen LogP contribution in [0.1, 0.15) is 98.8 Å². The summed E-state index contributed by atoms with van der Waals surface area (Å²) in [4.78, 5) is 0. The Morgan fingerprint density at radius 1 is 1.06 bits per heavy atom. The topological polar surface area (TPSA) is 40.5 Å². The Balaban J connectivity index is 1.42. The first-order valence-corrected chi connectivity index (χ1v) is 13.1. The second-order valence-corrected chi connectivity index (χ2v) is 12.5. The summed E-state index contributed by atoms with van der Waals surface area (Å²) in [6.07, 6.45) is 21.1. The highest BCUT2D eigenvalue weighted by atomic mass is 16.3. The van der Waals surface area contributed by atoms with Gasteiger partial charge >= 0.3 is 0 Å². The van der Waals surface area contributed by atoms with Crippen molar-refractivity contribution >= 4 is 0 Å². The molecule has 4 aliphatic rings. The van der Waals surface area contributed by atoms with E-state index < -0.39 is 5.60 Å². The fraction of sp³-hybridized carbons (Fsp3) is 0.793. The van der Waals surface area contributed by atoms with Gasteiger partial charge < -0.3 is 10.2 Å². The van der Waals surface area contributed by atoms with E-state index in [9.17, 15) is 10.2 Å². The summed E-state index contributed by atoms with van der Waals surface area (Å²) in [5.74, 6) is 3.01. The van der Waals surface area contributed by atoms with Gasteiger partial charge in [0.2, 0.25) is 0 Å². The Kier molecular flexibility index (Phi) is 6.38. The summed E-state index contributed by atoms with van der Waals surface area (Å²) < 4.78 is 0. The fourth-order valence-electron chi connectivity index (χ4n) is 7.97. The van der Waals surface area contributed by atoms with E-state index in [0.717, 1.165) is 37.0 Å². The Morgan fingerprint density at radius 2 is 1.84 bits per heavy atom. The molecule has 31 heavy (non-hydrogen) atoms. The largest absolute Gasteiger partial charge is 0.390 e. The van der Waals surface area contributed by atoms with Crippen LogP contribution in [0, 0.1) is 34.5 Å². The lowest BCUT2D eigenvalue weighted by Crippen LogP contribution is -2.45. The van der Waals surface area contributed by atoms with Gasteiger partial charge in [-0.05, 0) is 81.5 Å². The van der Waals surface area contributed by atoms with E-state index in [1.165, 1.54) is 50.5 Å². The number of hydrogen-bond acceptors (Lipinski definition) is 2. The number of aliphatic hydroxyl groups excluding tert-OH is 1. The normalized spacial score (nSPS) is 40.5. The molecular weight excluding hydrogens is 380 g/mol. The fourth-order valence-corrected chi connectivity index (χ4v) is 7.97. The maximum Gasteiger partial charge on any atom is 0.0758 e. The molecule has 0 amide bonds. The van der Waals surface area contributed by atoms with Crippen LogP contribution in [0.3, 0.4) is 0 Å². The van der Waals surface area contributed by atoms with Gasteiger partial charge in [0.05, 0.1) is 11.7 Å². The molecule has 0 saturated heterocycles. The van der Waals surface area contributed by atoms with E-state index in [0.29, 0.717) is 11.3 Å². The molecule has 2 saturated carbocycles. The van der Waals surface area contributed by atoms with Crippen molar-refractivity contribution in [2.24, 2.45) is 34.5 Å². The highest BCUT2D eigenvalue weighted by Crippen LogP contribution is 2.65. The van der Waals surface area contributed by atoms with Gasteiger partial charge in [0.1, 0.15) is 0 Å². The van der Waals surface area contributed by atoms with Crippen molar-refractivity contribution in [3.63, 3.8) is 0 Å². The summed E-state index contributed by atoms with van der Waals surface area (Å²) in [6, 6.07) is 0.